The zero-order chi connectivity index (χ0) is 18.2. The van der Waals surface area contributed by atoms with Crippen molar-refractivity contribution in [2.45, 2.75) is 29.7 Å². The van der Waals surface area contributed by atoms with E-state index in [2.05, 4.69) is 45.0 Å². The summed E-state index contributed by atoms with van der Waals surface area (Å²) in [5.41, 5.74) is 0.596. The van der Waals surface area contributed by atoms with Gasteiger partial charge in [0, 0.05) is 17.6 Å². The molecule has 2 rings (SSSR count). The Morgan fingerprint density at radius 3 is 2.80 bits per heavy atom. The summed E-state index contributed by atoms with van der Waals surface area (Å²) >= 11 is 9.82. The fraction of sp³-hybridized carbons (Fsp3) is 0.312. The molecule has 0 radical (unpaired) electrons. The predicted octanol–water partition coefficient (Wildman–Crippen LogP) is 5.08. The Kier molecular flexibility index (Phi) is 8.20. The number of hydroxylamine groups is 2. The van der Waals surface area contributed by atoms with Gasteiger partial charge in [0.25, 0.3) is 0 Å². The van der Waals surface area contributed by atoms with E-state index < -0.39 is 0 Å². The smallest absolute Gasteiger partial charge is 0.306 e. The summed E-state index contributed by atoms with van der Waals surface area (Å²) < 4.78 is 0.830. The minimum absolute atomic E-state index is 0.351. The maximum absolute atomic E-state index is 12.0. The number of aromatic nitrogens is 2. The molecule has 0 fully saturated rings. The molecule has 25 heavy (non-hydrogen) atoms. The fourth-order valence-electron chi connectivity index (χ4n) is 1.74. The van der Waals surface area contributed by atoms with Crippen molar-refractivity contribution in [2.24, 2.45) is 0 Å². The number of carbonyl (C=O) groups is 1. The molecule has 1 heterocycles. The van der Waals surface area contributed by atoms with E-state index in [0.717, 1.165) is 26.5 Å². The molecule has 0 aliphatic rings. The fourth-order valence-corrected chi connectivity index (χ4v) is 3.06. The van der Waals surface area contributed by atoms with Crippen molar-refractivity contribution in [3.05, 3.63) is 39.1 Å². The van der Waals surface area contributed by atoms with Gasteiger partial charge in [0.05, 0.1) is 11.6 Å². The van der Waals surface area contributed by atoms with Crippen LogP contribution in [0.15, 0.2) is 40.3 Å². The molecular weight excluding hydrogens is 475 g/mol. The lowest BCUT2D eigenvalue weighted by Crippen LogP contribution is -2.31. The first-order valence-electron chi connectivity index (χ1n) is 7.64. The van der Waals surface area contributed by atoms with Gasteiger partial charge in [-0.25, -0.2) is 9.86 Å². The number of carbonyl (C=O) groups excluding carboxylic acids is 1. The van der Waals surface area contributed by atoms with Crippen LogP contribution >= 0.6 is 46.0 Å². The lowest BCUT2D eigenvalue weighted by molar-refractivity contribution is -0.0948. The largest absolute Gasteiger partial charge is 0.345 e. The normalized spacial score (nSPS) is 10.6. The number of nitrogens with one attached hydrogen (secondary N) is 1. The average Bonchev–Trinajstić information content (AvgIpc) is 2.59. The van der Waals surface area contributed by atoms with E-state index in [9.17, 15) is 4.79 Å². The molecule has 2 amide bonds. The Labute approximate surface area is 169 Å². The van der Waals surface area contributed by atoms with Crippen LogP contribution in [-0.4, -0.2) is 34.9 Å². The topological polar surface area (TPSA) is 67.3 Å². The van der Waals surface area contributed by atoms with Gasteiger partial charge in [0.1, 0.15) is 8.73 Å². The Balaban J connectivity index is 1.96. The van der Waals surface area contributed by atoms with Gasteiger partial charge in [-0.15, -0.1) is 10.2 Å². The lowest BCUT2D eigenvalue weighted by Gasteiger charge is -2.17. The van der Waals surface area contributed by atoms with Crippen LogP contribution in [-0.2, 0) is 4.84 Å². The number of halogens is 2. The van der Waals surface area contributed by atoms with Crippen LogP contribution in [0.3, 0.4) is 0 Å². The van der Waals surface area contributed by atoms with Gasteiger partial charge in [0.2, 0.25) is 0 Å². The molecule has 0 saturated carbocycles. The first-order chi connectivity index (χ1) is 12.0. The average molecular weight is 493 g/mol. The number of amides is 2. The molecule has 6 nitrogen and oxygen atoms in total. The first kappa shape index (κ1) is 20.2. The third kappa shape index (κ3) is 6.61. The first-order valence-corrected chi connectivity index (χ1v) is 9.91. The predicted molar refractivity (Wildman–Crippen MR) is 108 cm³/mol. The third-order valence-electron chi connectivity index (χ3n) is 3.07. The maximum atomic E-state index is 12.0. The third-order valence-corrected chi connectivity index (χ3v) is 5.08. The maximum Gasteiger partial charge on any atom is 0.345 e. The van der Waals surface area contributed by atoms with Crippen molar-refractivity contribution in [3.8, 4) is 0 Å². The molecule has 0 aliphatic carbocycles. The Morgan fingerprint density at radius 1 is 1.36 bits per heavy atom. The molecule has 0 saturated heterocycles. The molecule has 1 aromatic carbocycles. The number of rotatable bonds is 7. The van der Waals surface area contributed by atoms with E-state index in [-0.39, 0.29) is 6.03 Å². The van der Waals surface area contributed by atoms with E-state index in [4.69, 9.17) is 16.4 Å². The zero-order valence-corrected chi connectivity index (χ0v) is 17.6. The van der Waals surface area contributed by atoms with Gasteiger partial charge in [-0.1, -0.05) is 36.7 Å². The van der Waals surface area contributed by atoms with Crippen LogP contribution in [0.2, 0.25) is 5.02 Å². The second-order valence-corrected chi connectivity index (χ2v) is 7.63. The molecule has 134 valence electrons. The summed E-state index contributed by atoms with van der Waals surface area (Å²) in [5.74, 6) is 0. The number of hydrogen-bond donors (Lipinski definition) is 1. The molecule has 9 heteroatoms. The van der Waals surface area contributed by atoms with Gasteiger partial charge in [-0.2, -0.15) is 0 Å². The second-order valence-electron chi connectivity index (χ2n) is 5.06. The van der Waals surface area contributed by atoms with Crippen molar-refractivity contribution in [1.29, 1.82) is 0 Å². The summed E-state index contributed by atoms with van der Waals surface area (Å²) in [5, 5.41) is 13.3. The number of urea groups is 1. The van der Waals surface area contributed by atoms with Crippen LogP contribution in [0, 0.1) is 3.70 Å². The SMILES string of the molecule is CCCCON(C)C(=O)Nc1ccc(Sc2ccc(I)nn2)c(Cl)c1. The van der Waals surface area contributed by atoms with Gasteiger partial charge >= 0.3 is 6.03 Å². The zero-order valence-electron chi connectivity index (χ0n) is 13.8. The van der Waals surface area contributed by atoms with Crippen molar-refractivity contribution in [1.82, 2.24) is 15.3 Å². The molecule has 1 N–H and O–H groups in total. The molecule has 0 bridgehead atoms. The van der Waals surface area contributed by atoms with Crippen LogP contribution in [0.5, 0.6) is 0 Å². The summed E-state index contributed by atoms with van der Waals surface area (Å²) in [6.45, 7) is 2.57. The minimum Gasteiger partial charge on any atom is -0.306 e. The van der Waals surface area contributed by atoms with Gasteiger partial charge in [-0.3, -0.25) is 4.84 Å². The molecule has 0 unspecified atom stereocenters. The minimum atomic E-state index is -0.351. The number of benzene rings is 1. The van der Waals surface area contributed by atoms with E-state index >= 15 is 0 Å². The number of anilines is 1. The monoisotopic (exact) mass is 492 g/mol. The number of unbranched alkanes of at least 4 members (excludes halogenated alkanes) is 1. The van der Waals surface area contributed by atoms with E-state index in [0.29, 0.717) is 17.3 Å². The van der Waals surface area contributed by atoms with Gasteiger partial charge in [0.15, 0.2) is 0 Å². The van der Waals surface area contributed by atoms with Crippen molar-refractivity contribution >= 4 is 57.7 Å². The number of hydrogen-bond acceptors (Lipinski definition) is 5. The van der Waals surface area contributed by atoms with Crippen LogP contribution in [0.25, 0.3) is 0 Å². The Bertz CT molecular complexity index is 718. The van der Waals surface area contributed by atoms with E-state index in [1.807, 2.05) is 18.2 Å². The molecule has 1 aromatic heterocycles. The second kappa shape index (κ2) is 10.1. The highest BCUT2D eigenvalue weighted by molar-refractivity contribution is 14.1. The van der Waals surface area contributed by atoms with E-state index in [1.54, 1.807) is 19.2 Å². The molecule has 0 atom stereocenters. The highest BCUT2D eigenvalue weighted by Crippen LogP contribution is 2.33. The highest BCUT2D eigenvalue weighted by Gasteiger charge is 2.11. The Morgan fingerprint density at radius 2 is 2.16 bits per heavy atom. The quantitative estimate of drug-likeness (QED) is 0.332. The summed E-state index contributed by atoms with van der Waals surface area (Å²) in [7, 11) is 1.58. The van der Waals surface area contributed by atoms with Crippen LogP contribution in [0.1, 0.15) is 19.8 Å². The van der Waals surface area contributed by atoms with Crippen molar-refractivity contribution in [3.63, 3.8) is 0 Å². The molecular formula is C16H18ClIN4O2S. The van der Waals surface area contributed by atoms with Crippen LogP contribution < -0.4 is 5.32 Å². The Hall–Kier alpha value is -1.10. The summed E-state index contributed by atoms with van der Waals surface area (Å²) in [4.78, 5) is 18.2. The van der Waals surface area contributed by atoms with Gasteiger partial charge < -0.3 is 5.32 Å². The summed E-state index contributed by atoms with van der Waals surface area (Å²) in [6, 6.07) is 8.73. The van der Waals surface area contributed by atoms with Crippen molar-refractivity contribution in [2.75, 3.05) is 19.0 Å². The lowest BCUT2D eigenvalue weighted by atomic mass is 10.3. The van der Waals surface area contributed by atoms with Crippen molar-refractivity contribution < 1.29 is 9.63 Å². The highest BCUT2D eigenvalue weighted by atomic mass is 127. The summed E-state index contributed by atoms with van der Waals surface area (Å²) in [6.07, 6.45) is 1.91. The molecule has 2 aromatic rings. The molecule has 0 spiro atoms. The molecule has 0 aliphatic heterocycles. The van der Waals surface area contributed by atoms with E-state index in [1.165, 1.54) is 16.8 Å². The van der Waals surface area contributed by atoms with Crippen LogP contribution in [0.4, 0.5) is 10.5 Å². The standard InChI is InChI=1S/C16H18ClIN4O2S/c1-3-4-9-24-22(2)16(23)19-11-5-6-13(12(17)10-11)25-15-8-7-14(18)20-21-15/h5-8,10H,3-4,9H2,1-2H3,(H,19,23). The number of nitrogens with zero attached hydrogens (tertiary/aromatic N) is 3. The van der Waals surface area contributed by atoms with Gasteiger partial charge in [-0.05, 0) is 59.3 Å².